The summed E-state index contributed by atoms with van der Waals surface area (Å²) in [6.45, 7) is 11.0. The molecule has 31 heavy (non-hydrogen) atoms. The third-order valence-corrected chi connectivity index (χ3v) is 5.58. The van der Waals surface area contributed by atoms with Crippen molar-refractivity contribution in [2.75, 3.05) is 46.2 Å². The van der Waals surface area contributed by atoms with Gasteiger partial charge in [-0.25, -0.2) is 0 Å². The van der Waals surface area contributed by atoms with Crippen LogP contribution in [-0.2, 0) is 23.7 Å². The van der Waals surface area contributed by atoms with Crippen molar-refractivity contribution in [1.82, 2.24) is 0 Å². The smallest absolute Gasteiger partial charge is 0.305 e. The lowest BCUT2D eigenvalue weighted by molar-refractivity contribution is -0.145. The molecule has 0 aromatic carbocycles. The van der Waals surface area contributed by atoms with Gasteiger partial charge in [0.05, 0.1) is 33.0 Å². The van der Waals surface area contributed by atoms with E-state index < -0.39 is 0 Å². The van der Waals surface area contributed by atoms with Crippen molar-refractivity contribution in [3.05, 3.63) is 0 Å². The summed E-state index contributed by atoms with van der Waals surface area (Å²) in [6, 6.07) is 0. The zero-order valence-electron chi connectivity index (χ0n) is 21.0. The maximum atomic E-state index is 11.8. The topological polar surface area (TPSA) is 54.0 Å². The van der Waals surface area contributed by atoms with E-state index in [0.717, 1.165) is 25.9 Å². The normalized spacial score (nSPS) is 12.2. The van der Waals surface area contributed by atoms with Gasteiger partial charge in [0, 0.05) is 19.6 Å². The van der Waals surface area contributed by atoms with Crippen molar-refractivity contribution in [2.24, 2.45) is 5.92 Å². The Morgan fingerprint density at radius 3 is 1.71 bits per heavy atom. The summed E-state index contributed by atoms with van der Waals surface area (Å²) in [6.07, 6.45) is 16.3. The van der Waals surface area contributed by atoms with Crippen LogP contribution in [0.1, 0.15) is 111 Å². The Hall–Kier alpha value is -0.650. The summed E-state index contributed by atoms with van der Waals surface area (Å²) in [7, 11) is 0. The average molecular weight is 445 g/mol. The fourth-order valence-corrected chi connectivity index (χ4v) is 3.38. The molecule has 0 aromatic heterocycles. The molecule has 0 bridgehead atoms. The molecular weight excluding hydrogens is 392 g/mol. The molecule has 0 amide bonds. The third kappa shape index (κ3) is 23.8. The number of rotatable bonds is 25. The van der Waals surface area contributed by atoms with E-state index in [1.807, 2.05) is 0 Å². The van der Waals surface area contributed by atoms with Crippen LogP contribution >= 0.6 is 0 Å². The molecule has 0 aromatic rings. The van der Waals surface area contributed by atoms with E-state index in [-0.39, 0.29) is 5.97 Å². The highest BCUT2D eigenvalue weighted by molar-refractivity contribution is 5.69. The van der Waals surface area contributed by atoms with Gasteiger partial charge < -0.3 is 18.9 Å². The summed E-state index contributed by atoms with van der Waals surface area (Å²) in [5, 5.41) is 0. The van der Waals surface area contributed by atoms with E-state index in [4.69, 9.17) is 18.9 Å². The van der Waals surface area contributed by atoms with Crippen LogP contribution in [0.25, 0.3) is 0 Å². The minimum Gasteiger partial charge on any atom is -0.465 e. The molecule has 0 N–H and O–H groups in total. The Bertz CT molecular complexity index is 362. The van der Waals surface area contributed by atoms with Gasteiger partial charge in [-0.15, -0.1) is 0 Å². The monoisotopic (exact) mass is 444 g/mol. The molecule has 0 aliphatic rings. The number of hydrogen-bond acceptors (Lipinski definition) is 5. The number of carbonyl (C=O) groups is 1. The van der Waals surface area contributed by atoms with Gasteiger partial charge in [-0.3, -0.25) is 4.79 Å². The summed E-state index contributed by atoms with van der Waals surface area (Å²) in [4.78, 5) is 11.8. The van der Waals surface area contributed by atoms with Crippen molar-refractivity contribution in [3.8, 4) is 0 Å². The largest absolute Gasteiger partial charge is 0.465 e. The van der Waals surface area contributed by atoms with E-state index >= 15 is 0 Å². The van der Waals surface area contributed by atoms with Crippen LogP contribution in [0.4, 0.5) is 0 Å². The molecule has 0 aliphatic carbocycles. The Balaban J connectivity index is 3.23. The zero-order chi connectivity index (χ0) is 22.8. The first-order valence-corrected chi connectivity index (χ1v) is 13.1. The summed E-state index contributed by atoms with van der Waals surface area (Å²) < 4.78 is 22.0. The highest BCUT2D eigenvalue weighted by Crippen LogP contribution is 2.13. The van der Waals surface area contributed by atoms with Gasteiger partial charge in [-0.2, -0.15) is 0 Å². The van der Waals surface area contributed by atoms with Gasteiger partial charge >= 0.3 is 5.97 Å². The zero-order valence-corrected chi connectivity index (χ0v) is 21.0. The van der Waals surface area contributed by atoms with Gasteiger partial charge in [0.15, 0.2) is 0 Å². The molecule has 5 nitrogen and oxygen atoms in total. The Morgan fingerprint density at radius 1 is 0.613 bits per heavy atom. The highest BCUT2D eigenvalue weighted by Gasteiger charge is 2.09. The van der Waals surface area contributed by atoms with E-state index in [2.05, 4.69) is 20.8 Å². The number of unbranched alkanes of at least 4 members (excludes halogenated alkanes) is 8. The maximum absolute atomic E-state index is 11.8. The molecule has 0 saturated carbocycles. The lowest BCUT2D eigenvalue weighted by atomic mass is 10.0. The molecule has 5 heteroatoms. The second-order valence-electron chi connectivity index (χ2n) is 8.52. The number of ether oxygens (including phenoxy) is 4. The van der Waals surface area contributed by atoms with Gasteiger partial charge in [0.1, 0.15) is 0 Å². The van der Waals surface area contributed by atoms with Crippen LogP contribution in [0, 0.1) is 5.92 Å². The first-order valence-electron chi connectivity index (χ1n) is 13.1. The second kappa shape index (κ2) is 25.6. The first kappa shape index (κ1) is 30.4. The standard InChI is InChI=1S/C26H52O5/c1-4-7-9-10-11-12-13-14-18-28-20-22-30-23-21-29-19-15-17-26(27)31-24-25(6-3)16-8-5-2/h25H,4-24H2,1-3H3. The maximum Gasteiger partial charge on any atom is 0.305 e. The molecule has 0 fully saturated rings. The molecule has 0 saturated heterocycles. The van der Waals surface area contributed by atoms with Gasteiger partial charge in [-0.05, 0) is 25.2 Å². The Morgan fingerprint density at radius 2 is 1.13 bits per heavy atom. The van der Waals surface area contributed by atoms with E-state index in [1.54, 1.807) is 0 Å². The van der Waals surface area contributed by atoms with Gasteiger partial charge in [0.2, 0.25) is 0 Å². The van der Waals surface area contributed by atoms with Crippen molar-refractivity contribution in [3.63, 3.8) is 0 Å². The quantitative estimate of drug-likeness (QED) is 0.116. The van der Waals surface area contributed by atoms with Crippen LogP contribution in [0.15, 0.2) is 0 Å². The van der Waals surface area contributed by atoms with Crippen LogP contribution < -0.4 is 0 Å². The molecule has 0 heterocycles. The predicted octanol–water partition coefficient (Wildman–Crippen LogP) is 6.72. The van der Waals surface area contributed by atoms with Crippen LogP contribution in [0.3, 0.4) is 0 Å². The molecule has 0 aliphatic heterocycles. The number of esters is 1. The lowest BCUT2D eigenvalue weighted by Gasteiger charge is -2.14. The first-order chi connectivity index (χ1) is 15.2. The van der Waals surface area contributed by atoms with Gasteiger partial charge in [-0.1, -0.05) is 85.0 Å². The van der Waals surface area contributed by atoms with Crippen molar-refractivity contribution < 1.29 is 23.7 Å². The summed E-state index contributed by atoms with van der Waals surface area (Å²) >= 11 is 0. The number of carbonyl (C=O) groups excluding carboxylic acids is 1. The highest BCUT2D eigenvalue weighted by atomic mass is 16.5. The predicted molar refractivity (Wildman–Crippen MR) is 129 cm³/mol. The van der Waals surface area contributed by atoms with E-state index in [9.17, 15) is 4.79 Å². The Kier molecular flexibility index (Phi) is 25.1. The third-order valence-electron chi connectivity index (χ3n) is 5.58. The van der Waals surface area contributed by atoms with Crippen LogP contribution in [0.2, 0.25) is 0 Å². The average Bonchev–Trinajstić information content (AvgIpc) is 2.78. The molecule has 0 rings (SSSR count). The summed E-state index contributed by atoms with van der Waals surface area (Å²) in [5.74, 6) is 0.394. The molecule has 1 unspecified atom stereocenters. The van der Waals surface area contributed by atoms with Crippen molar-refractivity contribution in [2.45, 2.75) is 111 Å². The van der Waals surface area contributed by atoms with Crippen molar-refractivity contribution >= 4 is 5.97 Å². The van der Waals surface area contributed by atoms with Crippen LogP contribution in [0.5, 0.6) is 0 Å². The fraction of sp³-hybridized carbons (Fsp3) is 0.962. The Labute approximate surface area is 192 Å². The molecule has 1 atom stereocenters. The van der Waals surface area contributed by atoms with Crippen LogP contribution in [-0.4, -0.2) is 52.2 Å². The molecular formula is C26H52O5. The molecule has 0 radical (unpaired) electrons. The fourth-order valence-electron chi connectivity index (χ4n) is 3.38. The summed E-state index contributed by atoms with van der Waals surface area (Å²) in [5.41, 5.74) is 0. The van der Waals surface area contributed by atoms with E-state index in [1.165, 1.54) is 57.8 Å². The van der Waals surface area contributed by atoms with Crippen molar-refractivity contribution in [1.29, 1.82) is 0 Å². The lowest BCUT2D eigenvalue weighted by Crippen LogP contribution is -2.14. The molecule has 186 valence electrons. The SMILES string of the molecule is CCCCCCCCCCOCCOCCOCCCC(=O)OCC(CC)CCCC. The number of hydrogen-bond donors (Lipinski definition) is 0. The minimum atomic E-state index is -0.108. The minimum absolute atomic E-state index is 0.108. The second-order valence-corrected chi connectivity index (χ2v) is 8.52. The van der Waals surface area contributed by atoms with E-state index in [0.29, 0.717) is 58.4 Å². The van der Waals surface area contributed by atoms with Gasteiger partial charge in [0.25, 0.3) is 0 Å². The molecule has 0 spiro atoms.